The molecule has 0 amide bonds. The molecule has 108 valence electrons. The van der Waals surface area contributed by atoms with Crippen molar-refractivity contribution in [2.45, 2.75) is 6.92 Å². The Morgan fingerprint density at radius 3 is 2.86 bits per heavy atom. The van der Waals surface area contributed by atoms with Gasteiger partial charge in [-0.1, -0.05) is 41.7 Å². The van der Waals surface area contributed by atoms with Crippen LogP contribution in [0, 0.1) is 6.92 Å². The summed E-state index contributed by atoms with van der Waals surface area (Å²) in [5.74, 6) is 0. The van der Waals surface area contributed by atoms with Crippen molar-refractivity contribution in [3.63, 3.8) is 0 Å². The number of benzene rings is 2. The van der Waals surface area contributed by atoms with Gasteiger partial charge in [0.1, 0.15) is 0 Å². The van der Waals surface area contributed by atoms with Crippen molar-refractivity contribution in [3.05, 3.63) is 59.8 Å². The number of aromatic amines is 1. The van der Waals surface area contributed by atoms with Crippen molar-refractivity contribution in [2.75, 3.05) is 5.43 Å². The maximum absolute atomic E-state index is 4.50. The molecule has 0 aliphatic rings. The van der Waals surface area contributed by atoms with Crippen LogP contribution in [0.4, 0.5) is 5.13 Å². The molecule has 0 fully saturated rings. The van der Waals surface area contributed by atoms with Crippen molar-refractivity contribution in [2.24, 2.45) is 5.10 Å². The summed E-state index contributed by atoms with van der Waals surface area (Å²) in [7, 11) is 0. The van der Waals surface area contributed by atoms with E-state index >= 15 is 0 Å². The van der Waals surface area contributed by atoms with Gasteiger partial charge in [-0.05, 0) is 25.1 Å². The van der Waals surface area contributed by atoms with Crippen LogP contribution in [0.1, 0.15) is 11.3 Å². The molecule has 0 spiro atoms. The van der Waals surface area contributed by atoms with Gasteiger partial charge in [0, 0.05) is 22.2 Å². The van der Waals surface area contributed by atoms with Crippen LogP contribution in [-0.4, -0.2) is 16.2 Å². The fourth-order valence-electron chi connectivity index (χ4n) is 2.54. The Morgan fingerprint density at radius 2 is 1.95 bits per heavy atom. The van der Waals surface area contributed by atoms with Crippen LogP contribution in [0.25, 0.3) is 21.1 Å². The predicted molar refractivity (Wildman–Crippen MR) is 93.9 cm³/mol. The second-order valence-corrected chi connectivity index (χ2v) is 6.10. The van der Waals surface area contributed by atoms with E-state index in [4.69, 9.17) is 0 Å². The molecule has 0 aliphatic heterocycles. The maximum atomic E-state index is 4.50. The van der Waals surface area contributed by atoms with Crippen LogP contribution in [0.15, 0.2) is 53.6 Å². The minimum absolute atomic E-state index is 0.801. The standard InChI is InChI=1S/C17H14N4S/c1-11-13(12-6-2-3-7-14(12)19-11)10-18-21-17-20-15-8-4-5-9-16(15)22-17/h2-10,19H,1H3,(H,20,21)/b18-10-. The SMILES string of the molecule is Cc1[nH]c2ccccc2c1/C=N\Nc1nc2ccccc2s1. The average molecular weight is 306 g/mol. The molecule has 22 heavy (non-hydrogen) atoms. The van der Waals surface area contributed by atoms with Crippen molar-refractivity contribution in [1.82, 2.24) is 9.97 Å². The first kappa shape index (κ1) is 13.0. The van der Waals surface area contributed by atoms with Gasteiger partial charge in [-0.25, -0.2) is 4.98 Å². The molecule has 2 aromatic carbocycles. The minimum atomic E-state index is 0.801. The van der Waals surface area contributed by atoms with Gasteiger partial charge in [-0.3, -0.25) is 5.43 Å². The zero-order valence-corrected chi connectivity index (χ0v) is 12.8. The topological polar surface area (TPSA) is 53.1 Å². The lowest BCUT2D eigenvalue weighted by Gasteiger charge is -1.94. The zero-order valence-electron chi connectivity index (χ0n) is 12.0. The lowest BCUT2D eigenvalue weighted by atomic mass is 10.1. The van der Waals surface area contributed by atoms with Gasteiger partial charge in [-0.2, -0.15) is 5.10 Å². The van der Waals surface area contributed by atoms with E-state index in [9.17, 15) is 0 Å². The summed E-state index contributed by atoms with van der Waals surface area (Å²) in [6.45, 7) is 2.05. The van der Waals surface area contributed by atoms with E-state index in [1.54, 1.807) is 11.3 Å². The lowest BCUT2D eigenvalue weighted by Crippen LogP contribution is -1.90. The number of aryl methyl sites for hydroxylation is 1. The largest absolute Gasteiger partial charge is 0.358 e. The number of anilines is 1. The third-order valence-corrected chi connectivity index (χ3v) is 4.53. The van der Waals surface area contributed by atoms with Crippen LogP contribution in [0.2, 0.25) is 0 Å². The molecule has 0 atom stereocenters. The molecule has 4 nitrogen and oxygen atoms in total. The molecule has 4 aromatic rings. The number of hydrogen-bond donors (Lipinski definition) is 2. The first-order valence-corrected chi connectivity index (χ1v) is 7.85. The maximum Gasteiger partial charge on any atom is 0.204 e. The van der Waals surface area contributed by atoms with E-state index in [0.717, 1.165) is 32.1 Å². The van der Waals surface area contributed by atoms with Crippen LogP contribution >= 0.6 is 11.3 Å². The molecule has 0 bridgehead atoms. The second-order valence-electron chi connectivity index (χ2n) is 5.07. The van der Waals surface area contributed by atoms with Gasteiger partial charge in [0.2, 0.25) is 5.13 Å². The summed E-state index contributed by atoms with van der Waals surface area (Å²) in [4.78, 5) is 7.87. The number of fused-ring (bicyclic) bond motifs is 2. The van der Waals surface area contributed by atoms with E-state index in [1.807, 2.05) is 36.5 Å². The lowest BCUT2D eigenvalue weighted by molar-refractivity contribution is 1.28. The summed E-state index contributed by atoms with van der Waals surface area (Å²) >= 11 is 1.60. The minimum Gasteiger partial charge on any atom is -0.358 e. The zero-order chi connectivity index (χ0) is 14.9. The van der Waals surface area contributed by atoms with E-state index in [2.05, 4.69) is 45.6 Å². The number of nitrogens with zero attached hydrogens (tertiary/aromatic N) is 2. The second kappa shape index (κ2) is 5.27. The van der Waals surface area contributed by atoms with E-state index in [-0.39, 0.29) is 0 Å². The highest BCUT2D eigenvalue weighted by Crippen LogP contribution is 2.25. The molecule has 0 radical (unpaired) electrons. The monoisotopic (exact) mass is 306 g/mol. The highest BCUT2D eigenvalue weighted by Gasteiger charge is 2.05. The molecule has 4 rings (SSSR count). The number of hydrogen-bond acceptors (Lipinski definition) is 4. The summed E-state index contributed by atoms with van der Waals surface area (Å²) in [5.41, 5.74) is 7.36. The molecule has 2 aromatic heterocycles. The van der Waals surface area contributed by atoms with Crippen LogP contribution in [0.5, 0.6) is 0 Å². The van der Waals surface area contributed by atoms with Crippen molar-refractivity contribution >= 4 is 43.8 Å². The first-order chi connectivity index (χ1) is 10.8. The van der Waals surface area contributed by atoms with Crippen molar-refractivity contribution in [3.8, 4) is 0 Å². The van der Waals surface area contributed by atoms with Crippen LogP contribution in [0.3, 0.4) is 0 Å². The van der Waals surface area contributed by atoms with Crippen LogP contribution < -0.4 is 5.43 Å². The summed E-state index contributed by atoms with van der Waals surface area (Å²) in [6, 6.07) is 16.3. The van der Waals surface area contributed by atoms with Gasteiger partial charge in [0.05, 0.1) is 16.4 Å². The number of thiazole rings is 1. The van der Waals surface area contributed by atoms with E-state index in [1.165, 1.54) is 5.39 Å². The summed E-state index contributed by atoms with van der Waals surface area (Å²) < 4.78 is 1.16. The molecular weight excluding hydrogens is 292 g/mol. The van der Waals surface area contributed by atoms with Gasteiger partial charge in [-0.15, -0.1) is 0 Å². The number of para-hydroxylation sites is 2. The Labute approximate surface area is 131 Å². The Balaban J connectivity index is 1.62. The molecule has 2 N–H and O–H groups in total. The Hall–Kier alpha value is -2.66. The molecule has 2 heterocycles. The molecule has 0 unspecified atom stereocenters. The van der Waals surface area contributed by atoms with E-state index in [0.29, 0.717) is 0 Å². The highest BCUT2D eigenvalue weighted by atomic mass is 32.1. The van der Waals surface area contributed by atoms with Gasteiger partial charge in [0.25, 0.3) is 0 Å². The van der Waals surface area contributed by atoms with E-state index < -0.39 is 0 Å². The first-order valence-electron chi connectivity index (χ1n) is 7.03. The third kappa shape index (κ3) is 2.25. The number of H-pyrrole nitrogens is 1. The summed E-state index contributed by atoms with van der Waals surface area (Å²) in [6.07, 6.45) is 1.85. The Kier molecular flexibility index (Phi) is 3.12. The van der Waals surface area contributed by atoms with Crippen LogP contribution in [-0.2, 0) is 0 Å². The molecule has 0 saturated carbocycles. The fraction of sp³-hybridized carbons (Fsp3) is 0.0588. The predicted octanol–water partition coefficient (Wildman–Crippen LogP) is 4.53. The molecule has 5 heteroatoms. The quantitative estimate of drug-likeness (QED) is 0.431. The summed E-state index contributed by atoms with van der Waals surface area (Å²) in [5, 5.41) is 6.32. The normalized spacial score (nSPS) is 11.7. The third-order valence-electron chi connectivity index (χ3n) is 3.59. The smallest absolute Gasteiger partial charge is 0.204 e. The Morgan fingerprint density at radius 1 is 1.14 bits per heavy atom. The molecule has 0 saturated heterocycles. The van der Waals surface area contributed by atoms with Crippen molar-refractivity contribution < 1.29 is 0 Å². The number of rotatable bonds is 3. The number of nitrogens with one attached hydrogen (secondary N) is 2. The van der Waals surface area contributed by atoms with Gasteiger partial charge >= 0.3 is 0 Å². The van der Waals surface area contributed by atoms with Gasteiger partial charge < -0.3 is 4.98 Å². The average Bonchev–Trinajstić information content (AvgIpc) is 3.08. The molecule has 0 aliphatic carbocycles. The number of hydrazone groups is 1. The molecular formula is C17H14N4S. The fourth-order valence-corrected chi connectivity index (χ4v) is 3.35. The highest BCUT2D eigenvalue weighted by molar-refractivity contribution is 7.22. The Bertz CT molecular complexity index is 948. The van der Waals surface area contributed by atoms with Gasteiger partial charge in [0.15, 0.2) is 0 Å². The van der Waals surface area contributed by atoms with Crippen molar-refractivity contribution in [1.29, 1.82) is 0 Å². The number of aromatic nitrogens is 2.